The summed E-state index contributed by atoms with van der Waals surface area (Å²) >= 11 is 3.24. The van der Waals surface area contributed by atoms with Crippen molar-refractivity contribution in [2.75, 3.05) is 17.3 Å². The van der Waals surface area contributed by atoms with Gasteiger partial charge in [0.2, 0.25) is 0 Å². The van der Waals surface area contributed by atoms with E-state index in [1.165, 1.54) is 11.8 Å². The minimum absolute atomic E-state index is 0.0398. The molecule has 0 aliphatic carbocycles. The van der Waals surface area contributed by atoms with E-state index < -0.39 is 5.97 Å². The van der Waals surface area contributed by atoms with Crippen molar-refractivity contribution in [3.63, 3.8) is 0 Å². The third-order valence-electron chi connectivity index (χ3n) is 3.63. The number of carboxylic acid groups (broad SMARTS) is 1. The number of imidazole rings is 1. The van der Waals surface area contributed by atoms with E-state index in [2.05, 4.69) is 16.6 Å². The number of nitrogens with zero attached hydrogens (tertiary/aromatic N) is 4. The summed E-state index contributed by atoms with van der Waals surface area (Å²) in [7, 11) is 1.94. The molecule has 114 valence electrons. The molecule has 1 aliphatic heterocycles. The maximum absolute atomic E-state index is 10.9. The van der Waals surface area contributed by atoms with Crippen molar-refractivity contribution in [1.82, 2.24) is 19.3 Å². The van der Waals surface area contributed by atoms with Crippen LogP contribution in [0.15, 0.2) is 5.16 Å². The summed E-state index contributed by atoms with van der Waals surface area (Å²) in [6.07, 6.45) is 1.93. The Labute approximate surface area is 131 Å². The number of thioether (sulfide) groups is 2. The van der Waals surface area contributed by atoms with Crippen LogP contribution < -0.4 is 0 Å². The Bertz CT molecular complexity index is 673. The second kappa shape index (κ2) is 5.92. The zero-order valence-electron chi connectivity index (χ0n) is 12.1. The minimum atomic E-state index is -0.812. The van der Waals surface area contributed by atoms with Gasteiger partial charge >= 0.3 is 5.97 Å². The van der Waals surface area contributed by atoms with Crippen LogP contribution in [0.3, 0.4) is 0 Å². The molecule has 0 bridgehead atoms. The summed E-state index contributed by atoms with van der Waals surface area (Å²) in [6.45, 7) is 2.07. The Hall–Kier alpha value is -1.15. The molecule has 0 saturated carbocycles. The standard InChI is InChI=1S/C13H18N4O2S2/c1-3-9-11-12(16(2)15-9)17(8-4-5-20-6-8)13(14-11)21-7-10(18)19/h8H,3-7H2,1-2H3,(H,18,19). The molecule has 1 atom stereocenters. The van der Waals surface area contributed by atoms with Crippen molar-refractivity contribution in [2.24, 2.45) is 7.05 Å². The number of carbonyl (C=O) groups is 1. The highest BCUT2D eigenvalue weighted by Gasteiger charge is 2.27. The highest BCUT2D eigenvalue weighted by molar-refractivity contribution is 8.00. The van der Waals surface area contributed by atoms with E-state index in [4.69, 9.17) is 10.1 Å². The zero-order valence-corrected chi connectivity index (χ0v) is 13.7. The van der Waals surface area contributed by atoms with Gasteiger partial charge in [-0.15, -0.1) is 0 Å². The molecule has 1 unspecified atom stereocenters. The van der Waals surface area contributed by atoms with Crippen molar-refractivity contribution < 1.29 is 9.90 Å². The van der Waals surface area contributed by atoms with E-state index in [1.807, 2.05) is 23.5 Å². The molecule has 2 aromatic heterocycles. The smallest absolute Gasteiger partial charge is 0.313 e. The van der Waals surface area contributed by atoms with E-state index in [0.29, 0.717) is 6.04 Å². The highest BCUT2D eigenvalue weighted by Crippen LogP contribution is 2.36. The van der Waals surface area contributed by atoms with Crippen LogP contribution in [0, 0.1) is 0 Å². The molecule has 1 aliphatic rings. The van der Waals surface area contributed by atoms with Gasteiger partial charge in [-0.2, -0.15) is 16.9 Å². The van der Waals surface area contributed by atoms with Crippen molar-refractivity contribution in [3.8, 4) is 0 Å². The fraction of sp³-hybridized carbons (Fsp3) is 0.615. The lowest BCUT2D eigenvalue weighted by atomic mass is 10.2. The number of carboxylic acids is 1. The van der Waals surface area contributed by atoms with Crippen LogP contribution in [-0.2, 0) is 18.3 Å². The van der Waals surface area contributed by atoms with Crippen molar-refractivity contribution in [2.45, 2.75) is 31.0 Å². The predicted molar refractivity (Wildman–Crippen MR) is 85.2 cm³/mol. The summed E-state index contributed by atoms with van der Waals surface area (Å²) in [4.78, 5) is 15.6. The van der Waals surface area contributed by atoms with E-state index in [1.54, 1.807) is 0 Å². The van der Waals surface area contributed by atoms with Crippen LogP contribution in [0.2, 0.25) is 0 Å². The first-order chi connectivity index (χ1) is 10.1. The van der Waals surface area contributed by atoms with Gasteiger partial charge in [0.05, 0.1) is 11.4 Å². The monoisotopic (exact) mass is 326 g/mol. The molecule has 2 aromatic rings. The van der Waals surface area contributed by atoms with Gasteiger partial charge in [-0.25, -0.2) is 4.98 Å². The van der Waals surface area contributed by atoms with E-state index in [0.717, 1.165) is 46.4 Å². The van der Waals surface area contributed by atoms with E-state index in [-0.39, 0.29) is 5.75 Å². The fourth-order valence-corrected chi connectivity index (χ4v) is 4.68. The van der Waals surface area contributed by atoms with Gasteiger partial charge in [0.25, 0.3) is 0 Å². The summed E-state index contributed by atoms with van der Waals surface area (Å²) in [5.74, 6) is 1.43. The number of aryl methyl sites for hydroxylation is 2. The molecule has 0 amide bonds. The molecule has 21 heavy (non-hydrogen) atoms. The zero-order chi connectivity index (χ0) is 15.0. The first kappa shape index (κ1) is 14.8. The molecular formula is C13H18N4O2S2. The van der Waals surface area contributed by atoms with Crippen LogP contribution in [0.5, 0.6) is 0 Å². The summed E-state index contributed by atoms with van der Waals surface area (Å²) in [5, 5.41) is 14.3. The van der Waals surface area contributed by atoms with E-state index in [9.17, 15) is 4.79 Å². The number of fused-ring (bicyclic) bond motifs is 1. The molecule has 6 nitrogen and oxygen atoms in total. The molecule has 8 heteroatoms. The molecule has 3 rings (SSSR count). The summed E-state index contributed by atoms with van der Waals surface area (Å²) in [6, 6.07) is 0.386. The Morgan fingerprint density at radius 3 is 3.00 bits per heavy atom. The largest absolute Gasteiger partial charge is 0.481 e. The van der Waals surface area contributed by atoms with Crippen molar-refractivity contribution in [3.05, 3.63) is 5.69 Å². The lowest BCUT2D eigenvalue weighted by Gasteiger charge is -2.15. The molecule has 1 N–H and O–H groups in total. The number of hydrogen-bond acceptors (Lipinski definition) is 5. The van der Waals surface area contributed by atoms with Gasteiger partial charge in [-0.3, -0.25) is 14.0 Å². The molecular weight excluding hydrogens is 308 g/mol. The molecule has 0 radical (unpaired) electrons. The van der Waals surface area contributed by atoms with Crippen LogP contribution in [-0.4, -0.2) is 47.7 Å². The van der Waals surface area contributed by atoms with Gasteiger partial charge in [0, 0.05) is 18.8 Å². The lowest BCUT2D eigenvalue weighted by Crippen LogP contribution is -2.12. The van der Waals surface area contributed by atoms with Crippen LogP contribution in [0.25, 0.3) is 11.2 Å². The highest BCUT2D eigenvalue weighted by atomic mass is 32.2. The summed E-state index contributed by atoms with van der Waals surface area (Å²) < 4.78 is 4.09. The van der Waals surface area contributed by atoms with Gasteiger partial charge in [0.15, 0.2) is 10.8 Å². The van der Waals surface area contributed by atoms with Gasteiger partial charge in [-0.1, -0.05) is 18.7 Å². The lowest BCUT2D eigenvalue weighted by molar-refractivity contribution is -0.133. The average Bonchev–Trinajstić information content (AvgIpc) is 3.13. The third kappa shape index (κ3) is 2.66. The Morgan fingerprint density at radius 2 is 2.38 bits per heavy atom. The van der Waals surface area contributed by atoms with Crippen molar-refractivity contribution in [1.29, 1.82) is 0 Å². The number of hydrogen-bond donors (Lipinski definition) is 1. The van der Waals surface area contributed by atoms with Crippen molar-refractivity contribution >= 4 is 40.7 Å². The van der Waals surface area contributed by atoms with Gasteiger partial charge < -0.3 is 5.11 Å². The molecule has 1 saturated heterocycles. The maximum Gasteiger partial charge on any atom is 0.313 e. The number of aromatic nitrogens is 4. The van der Waals surface area contributed by atoms with Crippen LogP contribution in [0.4, 0.5) is 0 Å². The first-order valence-corrected chi connectivity index (χ1v) is 9.12. The fourth-order valence-electron chi connectivity index (χ4n) is 2.70. The normalized spacial score (nSPS) is 18.7. The topological polar surface area (TPSA) is 72.9 Å². The molecule has 3 heterocycles. The average molecular weight is 326 g/mol. The van der Waals surface area contributed by atoms with Crippen LogP contribution >= 0.6 is 23.5 Å². The third-order valence-corrected chi connectivity index (χ3v) is 5.72. The van der Waals surface area contributed by atoms with Crippen LogP contribution in [0.1, 0.15) is 25.1 Å². The number of rotatable bonds is 5. The number of aliphatic carboxylic acids is 1. The Kier molecular flexibility index (Phi) is 4.17. The predicted octanol–water partition coefficient (Wildman–Crippen LogP) is 2.19. The Morgan fingerprint density at radius 1 is 1.57 bits per heavy atom. The second-order valence-electron chi connectivity index (χ2n) is 5.06. The minimum Gasteiger partial charge on any atom is -0.481 e. The van der Waals surface area contributed by atoms with Gasteiger partial charge in [-0.05, 0) is 18.6 Å². The second-order valence-corrected chi connectivity index (χ2v) is 7.15. The SMILES string of the molecule is CCc1nn(C)c2c1nc(SCC(=O)O)n2C1CCSC1. The molecule has 0 spiro atoms. The first-order valence-electron chi connectivity index (χ1n) is 6.98. The molecule has 0 aromatic carbocycles. The quantitative estimate of drug-likeness (QED) is 0.849. The van der Waals surface area contributed by atoms with Gasteiger partial charge in [0.1, 0.15) is 5.52 Å². The maximum atomic E-state index is 10.9. The molecule has 1 fully saturated rings. The Balaban J connectivity index is 2.10. The summed E-state index contributed by atoms with van der Waals surface area (Å²) in [5.41, 5.74) is 2.92. The van der Waals surface area contributed by atoms with E-state index >= 15 is 0 Å².